The van der Waals surface area contributed by atoms with Gasteiger partial charge in [0.2, 0.25) is 10.0 Å². The molecule has 0 radical (unpaired) electrons. The Balaban J connectivity index is 2.75. The fraction of sp³-hybridized carbons (Fsp3) is 0.364. The minimum Gasteiger partial charge on any atom is -0.447 e. The number of hydrogen-bond donors (Lipinski definition) is 2. The lowest BCUT2D eigenvalue weighted by atomic mass is 10.3. The molecule has 7 nitrogen and oxygen atoms in total. The molecule has 0 saturated carbocycles. The molecular formula is C11H16N2O5S. The second-order valence-electron chi connectivity index (χ2n) is 3.80. The van der Waals surface area contributed by atoms with Crippen LogP contribution in [-0.2, 0) is 14.8 Å². The normalized spacial score (nSPS) is 11.4. The van der Waals surface area contributed by atoms with Crippen molar-refractivity contribution in [2.45, 2.75) is 4.90 Å². The quantitative estimate of drug-likeness (QED) is 0.821. The summed E-state index contributed by atoms with van der Waals surface area (Å²) in [6, 6.07) is 5.68. The van der Waals surface area contributed by atoms with Crippen LogP contribution in [0.1, 0.15) is 0 Å². The average Bonchev–Trinajstić information content (AvgIpc) is 2.36. The molecule has 2 N–H and O–H groups in total. The van der Waals surface area contributed by atoms with Gasteiger partial charge in [0.1, 0.15) is 6.61 Å². The van der Waals surface area contributed by atoms with Crippen molar-refractivity contribution in [2.24, 2.45) is 0 Å². The summed E-state index contributed by atoms with van der Waals surface area (Å²) in [7, 11) is -0.603. The Bertz CT molecular complexity index is 525. The standard InChI is InChI=1S/C11H16N2O5S/c1-13(2)19(16,17)10-5-3-9(4-6-10)12-11(15)18-8-7-14/h3-6,14H,7-8H2,1-2H3,(H,12,15). The maximum Gasteiger partial charge on any atom is 0.411 e. The van der Waals surface area contributed by atoms with Crippen LogP contribution in [0.5, 0.6) is 0 Å². The predicted molar refractivity (Wildman–Crippen MR) is 69.4 cm³/mol. The summed E-state index contributed by atoms with van der Waals surface area (Å²) >= 11 is 0. The van der Waals surface area contributed by atoms with Gasteiger partial charge in [-0.3, -0.25) is 5.32 Å². The number of carbonyl (C=O) groups excluding carboxylic acids is 1. The van der Waals surface area contributed by atoms with Gasteiger partial charge in [-0.25, -0.2) is 17.5 Å². The lowest BCUT2D eigenvalue weighted by Gasteiger charge is -2.12. The summed E-state index contributed by atoms with van der Waals surface area (Å²) in [5.74, 6) is 0. The van der Waals surface area contributed by atoms with Gasteiger partial charge in [-0.1, -0.05) is 0 Å². The van der Waals surface area contributed by atoms with Crippen molar-refractivity contribution in [3.05, 3.63) is 24.3 Å². The van der Waals surface area contributed by atoms with Crippen LogP contribution >= 0.6 is 0 Å². The monoisotopic (exact) mass is 288 g/mol. The van der Waals surface area contributed by atoms with Gasteiger partial charge in [-0.05, 0) is 24.3 Å². The minimum atomic E-state index is -3.48. The first kappa shape index (κ1) is 15.4. The number of aliphatic hydroxyl groups is 1. The summed E-state index contributed by atoms with van der Waals surface area (Å²) < 4.78 is 29.3. The zero-order valence-electron chi connectivity index (χ0n) is 10.7. The van der Waals surface area contributed by atoms with Crippen molar-refractivity contribution >= 4 is 21.8 Å². The Morgan fingerprint density at radius 1 is 1.32 bits per heavy atom. The van der Waals surface area contributed by atoms with Crippen molar-refractivity contribution in [3.8, 4) is 0 Å². The van der Waals surface area contributed by atoms with E-state index in [0.29, 0.717) is 5.69 Å². The van der Waals surface area contributed by atoms with Crippen LogP contribution in [0.2, 0.25) is 0 Å². The summed E-state index contributed by atoms with van der Waals surface area (Å²) in [6.07, 6.45) is -0.711. The molecule has 1 amide bonds. The van der Waals surface area contributed by atoms with E-state index in [1.807, 2.05) is 0 Å². The number of rotatable bonds is 5. The maximum absolute atomic E-state index is 11.8. The molecule has 0 unspecified atom stereocenters. The fourth-order valence-corrected chi connectivity index (χ4v) is 2.11. The second-order valence-corrected chi connectivity index (χ2v) is 5.95. The van der Waals surface area contributed by atoms with Crippen LogP contribution in [0.15, 0.2) is 29.2 Å². The molecule has 0 saturated heterocycles. The van der Waals surface area contributed by atoms with E-state index in [2.05, 4.69) is 10.1 Å². The zero-order chi connectivity index (χ0) is 14.5. The molecule has 0 atom stereocenters. The third-order valence-electron chi connectivity index (χ3n) is 2.20. The van der Waals surface area contributed by atoms with E-state index in [4.69, 9.17) is 5.11 Å². The highest BCUT2D eigenvalue weighted by atomic mass is 32.2. The van der Waals surface area contributed by atoms with Crippen LogP contribution in [0, 0.1) is 0 Å². The number of benzene rings is 1. The summed E-state index contributed by atoms with van der Waals surface area (Å²) in [4.78, 5) is 11.3. The lowest BCUT2D eigenvalue weighted by molar-refractivity contribution is 0.131. The zero-order valence-corrected chi connectivity index (χ0v) is 11.5. The molecule has 0 aromatic heterocycles. The molecule has 19 heavy (non-hydrogen) atoms. The molecule has 0 aliphatic heterocycles. The molecule has 106 valence electrons. The highest BCUT2D eigenvalue weighted by Gasteiger charge is 2.16. The van der Waals surface area contributed by atoms with Crippen LogP contribution in [0.25, 0.3) is 0 Å². The van der Waals surface area contributed by atoms with Crippen LogP contribution < -0.4 is 5.32 Å². The van der Waals surface area contributed by atoms with E-state index in [9.17, 15) is 13.2 Å². The smallest absolute Gasteiger partial charge is 0.411 e. The van der Waals surface area contributed by atoms with Gasteiger partial charge >= 0.3 is 6.09 Å². The number of aliphatic hydroxyl groups excluding tert-OH is 1. The summed E-state index contributed by atoms with van der Waals surface area (Å²) in [6.45, 7) is -0.355. The van der Waals surface area contributed by atoms with Crippen LogP contribution in [0.3, 0.4) is 0 Å². The first-order chi connectivity index (χ1) is 8.87. The molecule has 8 heteroatoms. The lowest BCUT2D eigenvalue weighted by Crippen LogP contribution is -2.22. The Hall–Kier alpha value is -1.64. The van der Waals surface area contributed by atoms with E-state index in [0.717, 1.165) is 4.31 Å². The Morgan fingerprint density at radius 2 is 1.89 bits per heavy atom. The molecule has 1 aromatic carbocycles. The SMILES string of the molecule is CN(C)S(=O)(=O)c1ccc(NC(=O)OCCO)cc1. The second kappa shape index (κ2) is 6.50. The molecule has 1 aromatic rings. The highest BCUT2D eigenvalue weighted by Crippen LogP contribution is 2.16. The molecule has 0 fully saturated rings. The number of sulfonamides is 1. The predicted octanol–water partition coefficient (Wildman–Crippen LogP) is 0.478. The van der Waals surface area contributed by atoms with Crippen molar-refractivity contribution in [1.82, 2.24) is 4.31 Å². The number of carbonyl (C=O) groups is 1. The molecule has 0 spiro atoms. The van der Waals surface area contributed by atoms with Gasteiger partial charge in [0.15, 0.2) is 0 Å². The first-order valence-electron chi connectivity index (χ1n) is 5.45. The van der Waals surface area contributed by atoms with Crippen molar-refractivity contribution in [2.75, 3.05) is 32.6 Å². The van der Waals surface area contributed by atoms with Crippen molar-refractivity contribution in [1.29, 1.82) is 0 Å². The number of anilines is 1. The van der Waals surface area contributed by atoms with E-state index >= 15 is 0 Å². The number of hydrogen-bond acceptors (Lipinski definition) is 5. The van der Waals surface area contributed by atoms with Gasteiger partial charge in [0.25, 0.3) is 0 Å². The van der Waals surface area contributed by atoms with Gasteiger partial charge in [-0.2, -0.15) is 0 Å². The number of nitrogens with one attached hydrogen (secondary N) is 1. The molecule has 0 heterocycles. The third kappa shape index (κ3) is 4.19. The summed E-state index contributed by atoms with van der Waals surface area (Å²) in [5.41, 5.74) is 0.403. The van der Waals surface area contributed by atoms with Crippen LogP contribution in [-0.4, -0.2) is 51.2 Å². The molecule has 0 bridgehead atoms. The molecule has 0 aliphatic carbocycles. The van der Waals surface area contributed by atoms with Gasteiger partial charge in [-0.15, -0.1) is 0 Å². The summed E-state index contributed by atoms with van der Waals surface area (Å²) in [5, 5.41) is 10.9. The van der Waals surface area contributed by atoms with E-state index in [-0.39, 0.29) is 18.1 Å². The number of nitrogens with zero attached hydrogens (tertiary/aromatic N) is 1. The van der Waals surface area contributed by atoms with Crippen molar-refractivity contribution < 1.29 is 23.1 Å². The van der Waals surface area contributed by atoms with Gasteiger partial charge in [0.05, 0.1) is 11.5 Å². The van der Waals surface area contributed by atoms with E-state index in [1.165, 1.54) is 38.4 Å². The fourth-order valence-electron chi connectivity index (χ4n) is 1.21. The maximum atomic E-state index is 11.8. The molecular weight excluding hydrogens is 272 g/mol. The topological polar surface area (TPSA) is 95.9 Å². The molecule has 1 rings (SSSR count). The highest BCUT2D eigenvalue weighted by molar-refractivity contribution is 7.89. The minimum absolute atomic E-state index is 0.0983. The van der Waals surface area contributed by atoms with Crippen LogP contribution in [0.4, 0.5) is 10.5 Å². The molecule has 0 aliphatic rings. The van der Waals surface area contributed by atoms with Crippen molar-refractivity contribution in [3.63, 3.8) is 0 Å². The third-order valence-corrected chi connectivity index (χ3v) is 4.03. The van der Waals surface area contributed by atoms with E-state index in [1.54, 1.807) is 0 Å². The Labute approximate surface area is 111 Å². The number of ether oxygens (including phenoxy) is 1. The largest absolute Gasteiger partial charge is 0.447 e. The number of amides is 1. The van der Waals surface area contributed by atoms with Gasteiger partial charge < -0.3 is 9.84 Å². The Morgan fingerprint density at radius 3 is 2.37 bits per heavy atom. The Kier molecular flexibility index (Phi) is 5.28. The van der Waals surface area contributed by atoms with Gasteiger partial charge in [0, 0.05) is 19.8 Å². The van der Waals surface area contributed by atoms with E-state index < -0.39 is 16.1 Å². The first-order valence-corrected chi connectivity index (χ1v) is 6.89. The average molecular weight is 288 g/mol.